The number of benzene rings is 1. The Hall–Kier alpha value is -3.45. The summed E-state index contributed by atoms with van der Waals surface area (Å²) in [5.41, 5.74) is 0.834. The predicted octanol–water partition coefficient (Wildman–Crippen LogP) is 3.63. The van der Waals surface area contributed by atoms with E-state index >= 15 is 0 Å². The molecule has 3 heterocycles. The lowest BCUT2D eigenvalue weighted by Crippen LogP contribution is -2.48. The van der Waals surface area contributed by atoms with Crippen LogP contribution >= 0.6 is 11.6 Å². The summed E-state index contributed by atoms with van der Waals surface area (Å²) in [4.78, 5) is 20.6. The lowest BCUT2D eigenvalue weighted by molar-refractivity contribution is -0.126. The highest BCUT2D eigenvalue weighted by Crippen LogP contribution is 2.18. The fraction of sp³-hybridized carbons (Fsp3) is 0.182. The summed E-state index contributed by atoms with van der Waals surface area (Å²) in [6.07, 6.45) is 5.05. The van der Waals surface area contributed by atoms with Crippen LogP contribution < -0.4 is 10.2 Å². The Morgan fingerprint density at radius 1 is 0.933 bits per heavy atom. The Balaban J connectivity index is 1.31. The second-order valence-corrected chi connectivity index (χ2v) is 7.19. The van der Waals surface area contributed by atoms with E-state index in [1.807, 2.05) is 59.5 Å². The zero-order valence-corrected chi connectivity index (χ0v) is 17.0. The molecule has 1 fully saturated rings. The van der Waals surface area contributed by atoms with Gasteiger partial charge in [-0.1, -0.05) is 35.9 Å². The summed E-state index contributed by atoms with van der Waals surface area (Å²) in [7, 11) is 0. The molecule has 0 saturated carbocycles. The van der Waals surface area contributed by atoms with Gasteiger partial charge in [-0.25, -0.2) is 4.98 Å². The summed E-state index contributed by atoms with van der Waals surface area (Å²) in [6.45, 7) is 2.66. The molecule has 1 N–H and O–H groups in total. The van der Waals surface area contributed by atoms with Gasteiger partial charge in [0.15, 0.2) is 11.6 Å². The average molecular weight is 421 g/mol. The molecule has 7 nitrogen and oxygen atoms in total. The highest BCUT2D eigenvalue weighted by molar-refractivity contribution is 6.32. The van der Waals surface area contributed by atoms with E-state index in [4.69, 9.17) is 11.6 Å². The minimum Gasteiger partial charge on any atom is -0.352 e. The Labute approximate surface area is 180 Å². The van der Waals surface area contributed by atoms with Gasteiger partial charge in [0.1, 0.15) is 5.82 Å². The van der Waals surface area contributed by atoms with E-state index in [-0.39, 0.29) is 5.91 Å². The maximum atomic E-state index is 12.5. The second kappa shape index (κ2) is 9.37. The number of pyridine rings is 1. The first kappa shape index (κ1) is 19.8. The number of aromatic nitrogens is 3. The Kier molecular flexibility index (Phi) is 6.20. The largest absolute Gasteiger partial charge is 0.352 e. The third-order valence-corrected chi connectivity index (χ3v) is 5.14. The minimum atomic E-state index is -0.0180. The van der Waals surface area contributed by atoms with E-state index in [0.29, 0.717) is 37.0 Å². The lowest BCUT2D eigenvalue weighted by Gasteiger charge is -2.34. The number of hydrogen-bond acceptors (Lipinski definition) is 6. The SMILES string of the molecule is O=C(/C=C/c1ccccc1Cl)N1CCN(c2ccc(Nc3ccccn3)nn2)CC1. The van der Waals surface area contributed by atoms with E-state index < -0.39 is 0 Å². The monoisotopic (exact) mass is 420 g/mol. The highest BCUT2D eigenvalue weighted by atomic mass is 35.5. The molecule has 1 aromatic carbocycles. The van der Waals surface area contributed by atoms with Crippen LogP contribution in [0, 0.1) is 0 Å². The van der Waals surface area contributed by atoms with E-state index in [1.165, 1.54) is 0 Å². The molecule has 0 radical (unpaired) electrons. The number of rotatable bonds is 5. The molecule has 0 spiro atoms. The Morgan fingerprint density at radius 3 is 2.43 bits per heavy atom. The van der Waals surface area contributed by atoms with Crippen LogP contribution in [0.3, 0.4) is 0 Å². The van der Waals surface area contributed by atoms with Crippen molar-refractivity contribution in [2.45, 2.75) is 0 Å². The van der Waals surface area contributed by atoms with Crippen molar-refractivity contribution in [1.82, 2.24) is 20.1 Å². The quantitative estimate of drug-likeness (QED) is 0.635. The topological polar surface area (TPSA) is 74.2 Å². The van der Waals surface area contributed by atoms with Crippen LogP contribution in [0.15, 0.2) is 66.9 Å². The van der Waals surface area contributed by atoms with Gasteiger partial charge in [0.05, 0.1) is 0 Å². The van der Waals surface area contributed by atoms with Crippen molar-refractivity contribution in [3.63, 3.8) is 0 Å². The zero-order valence-electron chi connectivity index (χ0n) is 16.3. The van der Waals surface area contributed by atoms with Gasteiger partial charge < -0.3 is 15.1 Å². The molecule has 0 aliphatic carbocycles. The normalized spacial score (nSPS) is 14.2. The van der Waals surface area contributed by atoms with Crippen molar-refractivity contribution < 1.29 is 4.79 Å². The maximum Gasteiger partial charge on any atom is 0.246 e. The first-order chi connectivity index (χ1) is 14.7. The van der Waals surface area contributed by atoms with Crippen LogP contribution in [0.2, 0.25) is 5.02 Å². The maximum absolute atomic E-state index is 12.5. The molecular formula is C22H21ClN6O. The van der Waals surface area contributed by atoms with Gasteiger partial charge in [0.25, 0.3) is 0 Å². The van der Waals surface area contributed by atoms with Crippen molar-refractivity contribution in [3.05, 3.63) is 77.5 Å². The highest BCUT2D eigenvalue weighted by Gasteiger charge is 2.20. The number of nitrogens with one attached hydrogen (secondary N) is 1. The van der Waals surface area contributed by atoms with Crippen LogP contribution in [-0.4, -0.2) is 52.2 Å². The molecule has 3 aromatic rings. The fourth-order valence-corrected chi connectivity index (χ4v) is 3.36. The van der Waals surface area contributed by atoms with Gasteiger partial charge in [-0.15, -0.1) is 10.2 Å². The average Bonchev–Trinajstić information content (AvgIpc) is 2.80. The summed E-state index contributed by atoms with van der Waals surface area (Å²) in [5, 5.41) is 12.3. The number of nitrogens with zero attached hydrogens (tertiary/aromatic N) is 5. The van der Waals surface area contributed by atoms with Crippen molar-refractivity contribution in [2.75, 3.05) is 36.4 Å². The molecule has 0 unspecified atom stereocenters. The molecule has 4 rings (SSSR count). The van der Waals surface area contributed by atoms with Gasteiger partial charge in [-0.3, -0.25) is 4.79 Å². The van der Waals surface area contributed by atoms with Crippen LogP contribution in [0.4, 0.5) is 17.5 Å². The van der Waals surface area contributed by atoms with E-state index in [9.17, 15) is 4.79 Å². The molecule has 152 valence electrons. The van der Waals surface area contributed by atoms with Gasteiger partial charge in [0, 0.05) is 43.5 Å². The van der Waals surface area contributed by atoms with Gasteiger partial charge >= 0.3 is 0 Å². The minimum absolute atomic E-state index is 0.0180. The standard InChI is InChI=1S/C22H21ClN6O/c23-18-6-2-1-5-17(18)8-11-22(30)29-15-13-28(14-16-29)21-10-9-20(26-27-21)25-19-7-3-4-12-24-19/h1-12H,13-16H2,(H,24,25,26)/b11-8+. The summed E-state index contributed by atoms with van der Waals surface area (Å²) < 4.78 is 0. The van der Waals surface area contributed by atoms with Crippen molar-refractivity contribution in [3.8, 4) is 0 Å². The summed E-state index contributed by atoms with van der Waals surface area (Å²) in [6, 6.07) is 16.9. The van der Waals surface area contributed by atoms with Crippen molar-refractivity contribution >= 4 is 41.0 Å². The number of hydrogen-bond donors (Lipinski definition) is 1. The molecule has 1 aliphatic heterocycles. The molecular weight excluding hydrogens is 400 g/mol. The third-order valence-electron chi connectivity index (χ3n) is 4.80. The van der Waals surface area contributed by atoms with Crippen LogP contribution in [-0.2, 0) is 4.79 Å². The van der Waals surface area contributed by atoms with E-state index in [2.05, 4.69) is 25.4 Å². The first-order valence-electron chi connectivity index (χ1n) is 9.67. The fourth-order valence-electron chi connectivity index (χ4n) is 3.16. The Morgan fingerprint density at radius 2 is 1.73 bits per heavy atom. The van der Waals surface area contributed by atoms with Crippen molar-refractivity contribution in [1.29, 1.82) is 0 Å². The van der Waals surface area contributed by atoms with Crippen molar-refractivity contribution in [2.24, 2.45) is 0 Å². The third kappa shape index (κ3) is 4.93. The molecule has 2 aromatic heterocycles. The number of anilines is 3. The molecule has 0 atom stereocenters. The summed E-state index contributed by atoms with van der Waals surface area (Å²) in [5.74, 6) is 2.13. The number of carbonyl (C=O) groups is 1. The molecule has 30 heavy (non-hydrogen) atoms. The molecule has 1 saturated heterocycles. The number of amides is 1. The number of piperazine rings is 1. The number of carbonyl (C=O) groups excluding carboxylic acids is 1. The van der Waals surface area contributed by atoms with Gasteiger partial charge in [-0.2, -0.15) is 0 Å². The molecule has 1 amide bonds. The summed E-state index contributed by atoms with van der Waals surface area (Å²) >= 11 is 6.13. The Bertz CT molecular complexity index is 1020. The van der Waals surface area contributed by atoms with Crippen LogP contribution in [0.1, 0.15) is 5.56 Å². The lowest BCUT2D eigenvalue weighted by atomic mass is 10.2. The number of halogens is 1. The van der Waals surface area contributed by atoms with Crippen LogP contribution in [0.25, 0.3) is 6.08 Å². The smallest absolute Gasteiger partial charge is 0.246 e. The molecule has 1 aliphatic rings. The predicted molar refractivity (Wildman–Crippen MR) is 119 cm³/mol. The van der Waals surface area contributed by atoms with E-state index in [1.54, 1.807) is 18.3 Å². The van der Waals surface area contributed by atoms with Gasteiger partial charge in [0.2, 0.25) is 5.91 Å². The molecule has 8 heteroatoms. The molecule has 0 bridgehead atoms. The van der Waals surface area contributed by atoms with Crippen LogP contribution in [0.5, 0.6) is 0 Å². The zero-order chi connectivity index (χ0) is 20.8. The second-order valence-electron chi connectivity index (χ2n) is 6.78. The van der Waals surface area contributed by atoms with E-state index in [0.717, 1.165) is 17.2 Å². The van der Waals surface area contributed by atoms with Gasteiger partial charge in [-0.05, 0) is 42.0 Å². The first-order valence-corrected chi connectivity index (χ1v) is 10.0.